The number of nitro groups is 1. The molecule has 0 saturated heterocycles. The maximum atomic E-state index is 12.6. The van der Waals surface area contributed by atoms with Crippen LogP contribution in [0.5, 0.6) is 0 Å². The van der Waals surface area contributed by atoms with Crippen LogP contribution in [-0.2, 0) is 4.74 Å². The predicted molar refractivity (Wildman–Crippen MR) is 107 cm³/mol. The molecule has 1 heterocycles. The van der Waals surface area contributed by atoms with E-state index in [1.165, 1.54) is 0 Å². The van der Waals surface area contributed by atoms with Gasteiger partial charge in [0.2, 0.25) is 0 Å². The molecule has 0 unspecified atom stereocenters. The molecule has 0 aliphatic heterocycles. The number of nitrogens with zero attached hydrogens (tertiary/aromatic N) is 1. The fraction of sp³-hybridized carbons (Fsp3) is 0.100. The first kappa shape index (κ1) is 19.2. The quantitative estimate of drug-likeness (QED) is 0.368. The van der Waals surface area contributed by atoms with Gasteiger partial charge >= 0.3 is 11.0 Å². The number of nitrogens with one attached hydrogen (secondary N) is 1. The Kier molecular flexibility index (Phi) is 5.81. The average molecular weight is 396 g/mol. The number of anilines is 1. The van der Waals surface area contributed by atoms with Crippen molar-refractivity contribution in [3.8, 4) is 11.1 Å². The van der Waals surface area contributed by atoms with Crippen LogP contribution >= 0.6 is 11.3 Å². The molecular formula is C20H16N2O5S. The van der Waals surface area contributed by atoms with Gasteiger partial charge in [-0.25, -0.2) is 4.79 Å². The van der Waals surface area contributed by atoms with Gasteiger partial charge in [0.15, 0.2) is 0 Å². The van der Waals surface area contributed by atoms with E-state index < -0.39 is 16.8 Å². The van der Waals surface area contributed by atoms with E-state index >= 15 is 0 Å². The summed E-state index contributed by atoms with van der Waals surface area (Å²) in [5, 5.41) is 14.1. The number of carbonyl (C=O) groups excluding carboxylic acids is 2. The molecule has 28 heavy (non-hydrogen) atoms. The van der Waals surface area contributed by atoms with Gasteiger partial charge in [-0.3, -0.25) is 14.9 Å². The molecule has 0 spiro atoms. The lowest BCUT2D eigenvalue weighted by molar-refractivity contribution is -0.379. The summed E-state index contributed by atoms with van der Waals surface area (Å²) < 4.78 is 5.10. The lowest BCUT2D eigenvalue weighted by Gasteiger charge is -2.08. The lowest BCUT2D eigenvalue weighted by atomic mass is 10.0. The van der Waals surface area contributed by atoms with Crippen LogP contribution in [-0.4, -0.2) is 23.4 Å². The number of esters is 1. The van der Waals surface area contributed by atoms with Gasteiger partial charge in [0.25, 0.3) is 5.91 Å². The van der Waals surface area contributed by atoms with Crippen molar-refractivity contribution in [3.05, 3.63) is 81.9 Å². The van der Waals surface area contributed by atoms with Crippen LogP contribution in [0.1, 0.15) is 27.6 Å². The third-order valence-corrected chi connectivity index (χ3v) is 4.92. The predicted octanol–water partition coefficient (Wildman–Crippen LogP) is 4.75. The molecule has 3 aromatic rings. The van der Waals surface area contributed by atoms with Gasteiger partial charge in [-0.2, -0.15) is 0 Å². The van der Waals surface area contributed by atoms with Crippen molar-refractivity contribution in [1.29, 1.82) is 0 Å². The van der Waals surface area contributed by atoms with Crippen LogP contribution in [0.25, 0.3) is 11.1 Å². The third-order valence-electron chi connectivity index (χ3n) is 3.86. The van der Waals surface area contributed by atoms with E-state index in [1.54, 1.807) is 67.6 Å². The van der Waals surface area contributed by atoms with E-state index in [2.05, 4.69) is 5.32 Å². The number of rotatable bonds is 6. The Hall–Kier alpha value is -3.52. The molecule has 0 bridgehead atoms. The highest BCUT2D eigenvalue weighted by molar-refractivity contribution is 7.20. The molecule has 0 atom stereocenters. The standard InChI is InChI=1S/C20H16N2O5S/c1-2-27-20(24)16-15(13-9-5-3-6-10-13)19(22(25)26)28-18(16)21-17(23)14-11-7-4-8-12-14/h3-12H,2H2,1H3,(H,21,23). The minimum atomic E-state index is -0.728. The second-order valence-electron chi connectivity index (χ2n) is 5.65. The van der Waals surface area contributed by atoms with E-state index in [0.717, 1.165) is 11.3 Å². The smallest absolute Gasteiger partial charge is 0.342 e. The summed E-state index contributed by atoms with van der Waals surface area (Å²) >= 11 is 0.734. The van der Waals surface area contributed by atoms with E-state index in [1.807, 2.05) is 0 Å². The minimum absolute atomic E-state index is 0.0194. The summed E-state index contributed by atoms with van der Waals surface area (Å²) in [5.41, 5.74) is 0.981. The molecule has 8 heteroatoms. The summed E-state index contributed by atoms with van der Waals surface area (Å²) in [5.74, 6) is -1.20. The van der Waals surface area contributed by atoms with Gasteiger partial charge in [0.1, 0.15) is 10.6 Å². The van der Waals surface area contributed by atoms with Crippen LogP contribution < -0.4 is 5.32 Å². The van der Waals surface area contributed by atoms with Gasteiger partial charge in [-0.1, -0.05) is 48.5 Å². The van der Waals surface area contributed by atoms with Crippen molar-refractivity contribution in [2.75, 3.05) is 11.9 Å². The molecular weight excluding hydrogens is 380 g/mol. The molecule has 0 radical (unpaired) electrons. The minimum Gasteiger partial charge on any atom is -0.462 e. The van der Waals surface area contributed by atoms with Crippen LogP contribution in [0.15, 0.2) is 60.7 Å². The largest absolute Gasteiger partial charge is 0.462 e. The Balaban J connectivity index is 2.15. The fourth-order valence-corrected chi connectivity index (χ4v) is 3.69. The molecule has 7 nitrogen and oxygen atoms in total. The van der Waals surface area contributed by atoms with Gasteiger partial charge in [0, 0.05) is 5.56 Å². The molecule has 0 saturated carbocycles. The van der Waals surface area contributed by atoms with Gasteiger partial charge in [-0.15, -0.1) is 0 Å². The molecule has 0 aliphatic rings. The first-order chi connectivity index (χ1) is 13.5. The van der Waals surface area contributed by atoms with Crippen LogP contribution in [0.4, 0.5) is 10.0 Å². The Morgan fingerprint density at radius 2 is 1.68 bits per heavy atom. The summed E-state index contributed by atoms with van der Waals surface area (Å²) in [4.78, 5) is 36.3. The van der Waals surface area contributed by atoms with Crippen LogP contribution in [0.3, 0.4) is 0 Å². The SMILES string of the molecule is CCOC(=O)c1c(NC(=O)c2ccccc2)sc([N+](=O)[O-])c1-c1ccccc1. The van der Waals surface area contributed by atoms with E-state index in [9.17, 15) is 19.7 Å². The normalized spacial score (nSPS) is 10.3. The number of amides is 1. The summed E-state index contributed by atoms with van der Waals surface area (Å²) in [6.45, 7) is 1.74. The summed E-state index contributed by atoms with van der Waals surface area (Å²) in [7, 11) is 0. The van der Waals surface area contributed by atoms with Gasteiger partial charge in [-0.05, 0) is 36.0 Å². The number of hydrogen-bond acceptors (Lipinski definition) is 6. The highest BCUT2D eigenvalue weighted by atomic mass is 32.1. The monoisotopic (exact) mass is 396 g/mol. The molecule has 0 fully saturated rings. The van der Waals surface area contributed by atoms with Gasteiger partial charge in [0.05, 0.1) is 17.1 Å². The average Bonchev–Trinajstić information content (AvgIpc) is 3.09. The highest BCUT2D eigenvalue weighted by Crippen LogP contribution is 2.45. The molecule has 142 valence electrons. The van der Waals surface area contributed by atoms with Crippen molar-refractivity contribution in [2.24, 2.45) is 0 Å². The second kappa shape index (κ2) is 8.45. The van der Waals surface area contributed by atoms with Crippen molar-refractivity contribution >= 4 is 33.2 Å². The molecule has 3 rings (SSSR count). The zero-order chi connectivity index (χ0) is 20.1. The summed E-state index contributed by atoms with van der Waals surface area (Å²) in [6.07, 6.45) is 0. The first-order valence-corrected chi connectivity index (χ1v) is 9.24. The van der Waals surface area contributed by atoms with Crippen molar-refractivity contribution in [2.45, 2.75) is 6.92 Å². The zero-order valence-corrected chi connectivity index (χ0v) is 15.7. The number of benzene rings is 2. The van der Waals surface area contributed by atoms with Crippen LogP contribution in [0, 0.1) is 10.1 Å². The van der Waals surface area contributed by atoms with E-state index in [0.29, 0.717) is 11.1 Å². The summed E-state index contributed by atoms with van der Waals surface area (Å²) in [6, 6.07) is 16.9. The Morgan fingerprint density at radius 1 is 1.07 bits per heavy atom. The Morgan fingerprint density at radius 3 is 2.25 bits per heavy atom. The van der Waals surface area contributed by atoms with E-state index in [-0.39, 0.29) is 27.7 Å². The molecule has 0 aliphatic carbocycles. The van der Waals surface area contributed by atoms with Crippen molar-refractivity contribution < 1.29 is 19.2 Å². The maximum Gasteiger partial charge on any atom is 0.342 e. The molecule has 1 amide bonds. The van der Waals surface area contributed by atoms with E-state index in [4.69, 9.17) is 4.74 Å². The topological polar surface area (TPSA) is 98.5 Å². The van der Waals surface area contributed by atoms with Crippen molar-refractivity contribution in [3.63, 3.8) is 0 Å². The fourth-order valence-electron chi connectivity index (χ4n) is 2.67. The number of hydrogen-bond donors (Lipinski definition) is 1. The maximum absolute atomic E-state index is 12.6. The van der Waals surface area contributed by atoms with Gasteiger partial charge < -0.3 is 10.1 Å². The Bertz CT molecular complexity index is 1020. The third kappa shape index (κ3) is 3.91. The Labute approximate surface area is 164 Å². The number of ether oxygens (including phenoxy) is 1. The molecule has 1 N–H and O–H groups in total. The molecule has 2 aromatic carbocycles. The lowest BCUT2D eigenvalue weighted by Crippen LogP contribution is -2.14. The van der Waals surface area contributed by atoms with Crippen molar-refractivity contribution in [1.82, 2.24) is 0 Å². The number of thiophene rings is 1. The number of carbonyl (C=O) groups is 2. The highest BCUT2D eigenvalue weighted by Gasteiger charge is 2.32. The second-order valence-corrected chi connectivity index (χ2v) is 6.65. The molecule has 1 aromatic heterocycles. The first-order valence-electron chi connectivity index (χ1n) is 8.43. The zero-order valence-electron chi connectivity index (χ0n) is 14.9. The van der Waals surface area contributed by atoms with Crippen LogP contribution in [0.2, 0.25) is 0 Å².